The third-order valence-electron chi connectivity index (χ3n) is 5.76. The number of carbonyl (C=O) groups is 1. The Balaban J connectivity index is 1.51. The van der Waals surface area contributed by atoms with E-state index in [9.17, 15) is 32.6 Å². The molecule has 0 saturated carbocycles. The minimum absolute atomic E-state index is 0.0155. The van der Waals surface area contributed by atoms with Crippen LogP contribution < -0.4 is 15.0 Å². The van der Waals surface area contributed by atoms with Gasteiger partial charge in [-0.3, -0.25) is 4.79 Å². The molecule has 4 rings (SSSR count). The van der Waals surface area contributed by atoms with Crippen molar-refractivity contribution in [3.63, 3.8) is 0 Å². The Kier molecular flexibility index (Phi) is 5.95. The summed E-state index contributed by atoms with van der Waals surface area (Å²) in [6.07, 6.45) is -1.43. The first-order valence-electron chi connectivity index (χ1n) is 9.82. The molecule has 172 valence electrons. The molecule has 3 N–H and O–H groups in total. The molecular formula is C21H19ClF4N2O4. The highest BCUT2D eigenvalue weighted by molar-refractivity contribution is 6.30. The van der Waals surface area contributed by atoms with E-state index in [0.29, 0.717) is 0 Å². The lowest BCUT2D eigenvalue weighted by Crippen LogP contribution is -2.58. The summed E-state index contributed by atoms with van der Waals surface area (Å²) in [5.41, 5.74) is -2.26. The highest BCUT2D eigenvalue weighted by Crippen LogP contribution is 2.37. The molecule has 0 spiro atoms. The molecule has 0 radical (unpaired) electrons. The number of β-amino-alcohol motifs (C(OH)–C–C–N with tert-alkyl or cyclic N) is 1. The number of halogens is 5. The summed E-state index contributed by atoms with van der Waals surface area (Å²) in [4.78, 5) is 12.8. The number of anilines is 2. The Morgan fingerprint density at radius 3 is 2.50 bits per heavy atom. The summed E-state index contributed by atoms with van der Waals surface area (Å²) in [5.74, 6) is -4.79. The van der Waals surface area contributed by atoms with Gasteiger partial charge >= 0.3 is 0 Å². The number of carbonyl (C=O) groups excluding carboxylic acids is 1. The predicted octanol–water partition coefficient (Wildman–Crippen LogP) is 3.16. The number of rotatable bonds is 4. The molecule has 2 heterocycles. The molecule has 0 aromatic heterocycles. The van der Waals surface area contributed by atoms with Crippen LogP contribution in [0, 0.1) is 23.3 Å². The van der Waals surface area contributed by atoms with Gasteiger partial charge in [-0.25, -0.2) is 17.6 Å². The van der Waals surface area contributed by atoms with E-state index < -0.39 is 47.5 Å². The van der Waals surface area contributed by atoms with Gasteiger partial charge in [0.05, 0.1) is 5.69 Å². The van der Waals surface area contributed by atoms with Crippen LogP contribution in [-0.4, -0.2) is 47.5 Å². The van der Waals surface area contributed by atoms with Crippen molar-refractivity contribution in [3.05, 3.63) is 52.1 Å². The molecule has 2 unspecified atom stereocenters. The largest absolute Gasteiger partial charge is 0.490 e. The monoisotopic (exact) mass is 474 g/mol. The zero-order valence-electron chi connectivity index (χ0n) is 16.6. The van der Waals surface area contributed by atoms with Crippen LogP contribution >= 0.6 is 11.6 Å². The predicted molar refractivity (Wildman–Crippen MR) is 108 cm³/mol. The number of nitrogens with zero attached hydrogens (tertiary/aromatic N) is 1. The number of aliphatic hydroxyl groups excluding tert-OH is 1. The summed E-state index contributed by atoms with van der Waals surface area (Å²) >= 11 is 5.64. The van der Waals surface area contributed by atoms with Crippen molar-refractivity contribution in [1.29, 1.82) is 0 Å². The van der Waals surface area contributed by atoms with Crippen molar-refractivity contribution in [2.24, 2.45) is 0 Å². The van der Waals surface area contributed by atoms with Crippen molar-refractivity contribution in [2.75, 3.05) is 29.9 Å². The fraction of sp³-hybridized carbons (Fsp3) is 0.381. The van der Waals surface area contributed by atoms with Gasteiger partial charge in [0, 0.05) is 36.2 Å². The highest BCUT2D eigenvalue weighted by atomic mass is 35.5. The van der Waals surface area contributed by atoms with Crippen LogP contribution in [0.2, 0.25) is 5.02 Å². The lowest BCUT2D eigenvalue weighted by molar-refractivity contribution is -0.116. The van der Waals surface area contributed by atoms with Gasteiger partial charge in [0.2, 0.25) is 5.91 Å². The third kappa shape index (κ3) is 4.10. The number of fused-ring (bicyclic) bond motifs is 1. The number of hydrogen-bond acceptors (Lipinski definition) is 5. The van der Waals surface area contributed by atoms with E-state index >= 15 is 0 Å². The maximum Gasteiger partial charge on any atom is 0.224 e. The Morgan fingerprint density at radius 2 is 1.84 bits per heavy atom. The van der Waals surface area contributed by atoms with E-state index in [1.807, 2.05) is 0 Å². The van der Waals surface area contributed by atoms with Gasteiger partial charge in [-0.05, 0) is 25.0 Å². The fourth-order valence-electron chi connectivity index (χ4n) is 3.96. The van der Waals surface area contributed by atoms with Crippen LogP contribution in [0.4, 0.5) is 28.9 Å². The molecule has 2 aliphatic heterocycles. The van der Waals surface area contributed by atoms with Crippen LogP contribution in [-0.2, 0) is 11.2 Å². The van der Waals surface area contributed by atoms with Crippen molar-refractivity contribution in [1.82, 2.24) is 0 Å². The van der Waals surface area contributed by atoms with Crippen LogP contribution in [0.15, 0.2) is 18.2 Å². The quantitative estimate of drug-likeness (QED) is 0.593. The van der Waals surface area contributed by atoms with E-state index in [2.05, 4.69) is 5.32 Å². The maximum atomic E-state index is 14.2. The van der Waals surface area contributed by atoms with Gasteiger partial charge in [-0.2, -0.15) is 0 Å². The average molecular weight is 475 g/mol. The normalized spacial score (nSPS) is 23.0. The van der Waals surface area contributed by atoms with Crippen LogP contribution in [0.3, 0.4) is 0 Å². The van der Waals surface area contributed by atoms with E-state index in [0.717, 1.165) is 18.2 Å². The number of hydrogen-bond donors (Lipinski definition) is 3. The maximum absolute atomic E-state index is 14.2. The van der Waals surface area contributed by atoms with Gasteiger partial charge in [0.1, 0.15) is 29.7 Å². The summed E-state index contributed by atoms with van der Waals surface area (Å²) in [6.45, 7) is -0.807. The lowest BCUT2D eigenvalue weighted by Gasteiger charge is -2.42. The fourth-order valence-corrected chi connectivity index (χ4v) is 4.16. The summed E-state index contributed by atoms with van der Waals surface area (Å²) in [7, 11) is 0. The Bertz CT molecular complexity index is 1060. The Morgan fingerprint density at radius 1 is 1.16 bits per heavy atom. The topological polar surface area (TPSA) is 82.0 Å². The second-order valence-corrected chi connectivity index (χ2v) is 8.33. The van der Waals surface area contributed by atoms with Gasteiger partial charge < -0.3 is 25.2 Å². The molecule has 0 aliphatic carbocycles. The van der Waals surface area contributed by atoms with Gasteiger partial charge in [0.15, 0.2) is 23.3 Å². The minimum Gasteiger partial charge on any atom is -0.490 e. The summed E-state index contributed by atoms with van der Waals surface area (Å²) < 4.78 is 62.0. The molecule has 11 heteroatoms. The van der Waals surface area contributed by atoms with Crippen molar-refractivity contribution in [2.45, 2.75) is 31.0 Å². The summed E-state index contributed by atoms with van der Waals surface area (Å²) in [5, 5.41) is 23.5. The molecule has 2 aromatic rings. The molecular weight excluding hydrogens is 456 g/mol. The number of benzene rings is 2. The first-order chi connectivity index (χ1) is 15.1. The van der Waals surface area contributed by atoms with Crippen molar-refractivity contribution >= 4 is 28.9 Å². The minimum atomic E-state index is -1.81. The zero-order valence-corrected chi connectivity index (χ0v) is 17.4. The standard InChI is InChI=1S/C21H19ClF4N2O4/c22-10-5-13(24)20(14(25)6-10)28-4-3-21(31,16(29)8-28)9-32-15-7-12(23)18(26)19-11(15)1-2-17(30)27-19/h5-7,16,29,31H,1-4,8-9H2,(H,27,30). The molecule has 1 saturated heterocycles. The van der Waals surface area contributed by atoms with Crippen molar-refractivity contribution in [3.8, 4) is 5.75 Å². The lowest BCUT2D eigenvalue weighted by atomic mass is 9.89. The number of piperidine rings is 1. The van der Waals surface area contributed by atoms with Crippen LogP contribution in [0.1, 0.15) is 18.4 Å². The summed E-state index contributed by atoms with van der Waals surface area (Å²) in [6, 6.07) is 2.71. The number of ether oxygens (including phenoxy) is 1. The van der Waals surface area contributed by atoms with E-state index in [1.54, 1.807) is 0 Å². The Labute approximate surface area is 185 Å². The smallest absolute Gasteiger partial charge is 0.224 e. The number of aliphatic hydroxyl groups is 2. The molecule has 2 aromatic carbocycles. The Hall–Kier alpha value is -2.56. The van der Waals surface area contributed by atoms with Gasteiger partial charge in [-0.15, -0.1) is 0 Å². The SMILES string of the molecule is O=C1CCc2c(OCC3(O)CCN(c4c(F)cc(Cl)cc4F)CC3O)cc(F)c(F)c2N1. The molecule has 1 amide bonds. The molecule has 6 nitrogen and oxygen atoms in total. The highest BCUT2D eigenvalue weighted by Gasteiger charge is 2.43. The molecule has 2 atom stereocenters. The number of nitrogens with one attached hydrogen (secondary N) is 1. The third-order valence-corrected chi connectivity index (χ3v) is 5.97. The average Bonchev–Trinajstić information content (AvgIpc) is 2.72. The second kappa shape index (κ2) is 8.42. The second-order valence-electron chi connectivity index (χ2n) is 7.89. The molecule has 1 fully saturated rings. The van der Waals surface area contributed by atoms with Crippen molar-refractivity contribution < 1.29 is 37.3 Å². The van der Waals surface area contributed by atoms with Gasteiger partial charge in [-0.1, -0.05) is 11.6 Å². The number of amides is 1. The zero-order chi connectivity index (χ0) is 23.2. The molecule has 2 aliphatic rings. The van der Waals surface area contributed by atoms with Gasteiger partial charge in [0.25, 0.3) is 0 Å². The van der Waals surface area contributed by atoms with E-state index in [-0.39, 0.29) is 60.1 Å². The van der Waals surface area contributed by atoms with Crippen LogP contribution in [0.5, 0.6) is 5.75 Å². The van der Waals surface area contributed by atoms with Crippen LogP contribution in [0.25, 0.3) is 0 Å². The van der Waals surface area contributed by atoms with E-state index in [1.165, 1.54) is 4.90 Å². The van der Waals surface area contributed by atoms with E-state index in [4.69, 9.17) is 16.3 Å². The molecule has 32 heavy (non-hydrogen) atoms. The molecule has 0 bridgehead atoms. The first-order valence-corrected chi connectivity index (χ1v) is 10.2. The first kappa shape index (κ1) is 22.6.